The van der Waals surface area contributed by atoms with Crippen molar-refractivity contribution in [3.63, 3.8) is 0 Å². The average Bonchev–Trinajstić information content (AvgIpc) is 2.45. The minimum atomic E-state index is -0.167. The van der Waals surface area contributed by atoms with Gasteiger partial charge in [-0.3, -0.25) is 4.79 Å². The quantitative estimate of drug-likeness (QED) is 0.700. The van der Waals surface area contributed by atoms with Gasteiger partial charge in [0.15, 0.2) is 6.61 Å². The SMILES string of the molecule is CCCCNC(=O)COc1cc(OC)ccc1CO. The fourth-order valence-electron chi connectivity index (χ4n) is 1.53. The van der Waals surface area contributed by atoms with Crippen molar-refractivity contribution in [1.82, 2.24) is 5.32 Å². The standard InChI is InChI=1S/C14H21NO4/c1-3-4-7-15-14(17)10-19-13-8-12(18-2)6-5-11(13)9-16/h5-6,8,16H,3-4,7,9-10H2,1-2H3,(H,15,17). The lowest BCUT2D eigenvalue weighted by Crippen LogP contribution is -2.29. The van der Waals surface area contributed by atoms with Gasteiger partial charge in [0.25, 0.3) is 5.91 Å². The lowest BCUT2D eigenvalue weighted by Gasteiger charge is -2.11. The first kappa shape index (κ1) is 15.3. The molecule has 0 atom stereocenters. The summed E-state index contributed by atoms with van der Waals surface area (Å²) in [5.74, 6) is 0.922. The van der Waals surface area contributed by atoms with Gasteiger partial charge < -0.3 is 19.9 Å². The highest BCUT2D eigenvalue weighted by molar-refractivity contribution is 5.77. The van der Waals surface area contributed by atoms with Crippen molar-refractivity contribution in [2.45, 2.75) is 26.4 Å². The van der Waals surface area contributed by atoms with Gasteiger partial charge in [-0.05, 0) is 18.6 Å². The van der Waals surface area contributed by atoms with Crippen LogP contribution in [0.4, 0.5) is 0 Å². The highest BCUT2D eigenvalue weighted by atomic mass is 16.5. The van der Waals surface area contributed by atoms with Crippen LogP contribution >= 0.6 is 0 Å². The minimum absolute atomic E-state index is 0.0656. The predicted molar refractivity (Wildman–Crippen MR) is 72.3 cm³/mol. The van der Waals surface area contributed by atoms with E-state index in [0.29, 0.717) is 23.6 Å². The number of hydrogen-bond donors (Lipinski definition) is 2. The second-order valence-corrected chi connectivity index (χ2v) is 4.12. The smallest absolute Gasteiger partial charge is 0.257 e. The Balaban J connectivity index is 2.53. The van der Waals surface area contributed by atoms with Crippen LogP contribution in [0, 0.1) is 0 Å². The van der Waals surface area contributed by atoms with Crippen molar-refractivity contribution in [2.75, 3.05) is 20.3 Å². The molecule has 1 rings (SSSR count). The zero-order valence-corrected chi connectivity index (χ0v) is 11.4. The zero-order chi connectivity index (χ0) is 14.1. The number of rotatable bonds is 8. The van der Waals surface area contributed by atoms with Gasteiger partial charge in [-0.25, -0.2) is 0 Å². The third-order valence-electron chi connectivity index (χ3n) is 2.66. The molecule has 1 amide bonds. The Labute approximate surface area is 113 Å². The Morgan fingerprint density at radius 3 is 2.84 bits per heavy atom. The molecule has 0 spiro atoms. The minimum Gasteiger partial charge on any atom is -0.497 e. The number of carbonyl (C=O) groups is 1. The number of aliphatic hydroxyl groups is 1. The van der Waals surface area contributed by atoms with E-state index in [1.165, 1.54) is 0 Å². The Bertz CT molecular complexity index is 406. The Kier molecular flexibility index (Phi) is 6.74. The van der Waals surface area contributed by atoms with E-state index in [2.05, 4.69) is 12.2 Å². The molecule has 0 bridgehead atoms. The molecule has 0 fully saturated rings. The lowest BCUT2D eigenvalue weighted by atomic mass is 10.2. The van der Waals surface area contributed by atoms with Gasteiger partial charge in [-0.1, -0.05) is 13.3 Å². The van der Waals surface area contributed by atoms with E-state index in [4.69, 9.17) is 9.47 Å². The summed E-state index contributed by atoms with van der Waals surface area (Å²) in [6, 6.07) is 5.10. The van der Waals surface area contributed by atoms with Crippen molar-refractivity contribution in [3.8, 4) is 11.5 Å². The van der Waals surface area contributed by atoms with Crippen LogP contribution in [-0.2, 0) is 11.4 Å². The van der Waals surface area contributed by atoms with Crippen molar-refractivity contribution in [3.05, 3.63) is 23.8 Å². The molecule has 0 aromatic heterocycles. The average molecular weight is 267 g/mol. The third kappa shape index (κ3) is 5.18. The Morgan fingerprint density at radius 2 is 2.21 bits per heavy atom. The number of unbranched alkanes of at least 4 members (excludes halogenated alkanes) is 1. The van der Waals surface area contributed by atoms with Crippen LogP contribution < -0.4 is 14.8 Å². The zero-order valence-electron chi connectivity index (χ0n) is 11.4. The maximum absolute atomic E-state index is 11.5. The molecule has 0 aliphatic heterocycles. The highest BCUT2D eigenvalue weighted by Crippen LogP contribution is 2.24. The first-order valence-corrected chi connectivity index (χ1v) is 6.38. The number of aliphatic hydroxyl groups excluding tert-OH is 1. The Hall–Kier alpha value is -1.75. The van der Waals surface area contributed by atoms with E-state index in [9.17, 15) is 9.90 Å². The van der Waals surface area contributed by atoms with Gasteiger partial charge in [-0.15, -0.1) is 0 Å². The normalized spacial score (nSPS) is 10.1. The molecule has 2 N–H and O–H groups in total. The number of methoxy groups -OCH3 is 1. The van der Waals surface area contributed by atoms with Crippen LogP contribution in [0.15, 0.2) is 18.2 Å². The molecule has 0 unspecified atom stereocenters. The molecule has 1 aromatic carbocycles. The highest BCUT2D eigenvalue weighted by Gasteiger charge is 2.07. The number of hydrogen-bond acceptors (Lipinski definition) is 4. The summed E-state index contributed by atoms with van der Waals surface area (Å²) in [7, 11) is 1.55. The van der Waals surface area contributed by atoms with E-state index in [1.807, 2.05) is 0 Å². The van der Waals surface area contributed by atoms with Crippen LogP contribution in [-0.4, -0.2) is 31.3 Å². The molecule has 19 heavy (non-hydrogen) atoms. The molecule has 5 nitrogen and oxygen atoms in total. The number of ether oxygens (including phenoxy) is 2. The van der Waals surface area contributed by atoms with Crippen molar-refractivity contribution < 1.29 is 19.4 Å². The molecule has 0 saturated heterocycles. The monoisotopic (exact) mass is 267 g/mol. The summed E-state index contributed by atoms with van der Waals surface area (Å²) in [6.07, 6.45) is 1.98. The second-order valence-electron chi connectivity index (χ2n) is 4.12. The summed E-state index contributed by atoms with van der Waals surface area (Å²) < 4.78 is 10.5. The number of nitrogens with one attached hydrogen (secondary N) is 1. The van der Waals surface area contributed by atoms with Gasteiger partial charge in [0.2, 0.25) is 0 Å². The van der Waals surface area contributed by atoms with Crippen molar-refractivity contribution >= 4 is 5.91 Å². The second kappa shape index (κ2) is 8.37. The summed E-state index contributed by atoms with van der Waals surface area (Å²) in [4.78, 5) is 11.5. The predicted octanol–water partition coefficient (Wildman–Crippen LogP) is 1.48. The van der Waals surface area contributed by atoms with Gasteiger partial charge in [0, 0.05) is 18.2 Å². The van der Waals surface area contributed by atoms with Gasteiger partial charge in [-0.2, -0.15) is 0 Å². The van der Waals surface area contributed by atoms with Gasteiger partial charge in [0.05, 0.1) is 13.7 Å². The number of amides is 1. The summed E-state index contributed by atoms with van der Waals surface area (Å²) in [5, 5.41) is 12.0. The van der Waals surface area contributed by atoms with E-state index >= 15 is 0 Å². The van der Waals surface area contributed by atoms with E-state index in [1.54, 1.807) is 25.3 Å². The molecule has 0 radical (unpaired) electrons. The fourth-order valence-corrected chi connectivity index (χ4v) is 1.53. The molecule has 0 saturated carbocycles. The largest absolute Gasteiger partial charge is 0.497 e. The van der Waals surface area contributed by atoms with Crippen LogP contribution in [0.2, 0.25) is 0 Å². The van der Waals surface area contributed by atoms with Gasteiger partial charge >= 0.3 is 0 Å². The maximum Gasteiger partial charge on any atom is 0.257 e. The van der Waals surface area contributed by atoms with Crippen LogP contribution in [0.3, 0.4) is 0 Å². The molecule has 0 aliphatic rings. The van der Waals surface area contributed by atoms with Gasteiger partial charge in [0.1, 0.15) is 11.5 Å². The molecule has 1 aromatic rings. The third-order valence-corrected chi connectivity index (χ3v) is 2.66. The maximum atomic E-state index is 11.5. The van der Waals surface area contributed by atoms with E-state index < -0.39 is 0 Å². The summed E-state index contributed by atoms with van der Waals surface area (Å²) in [6.45, 7) is 2.51. The molecular formula is C14H21NO4. The first-order chi connectivity index (χ1) is 9.21. The van der Waals surface area contributed by atoms with Crippen molar-refractivity contribution in [1.29, 1.82) is 0 Å². The summed E-state index contributed by atoms with van der Waals surface area (Å²) in [5.41, 5.74) is 0.627. The summed E-state index contributed by atoms with van der Waals surface area (Å²) >= 11 is 0. The van der Waals surface area contributed by atoms with Crippen LogP contribution in [0.1, 0.15) is 25.3 Å². The van der Waals surface area contributed by atoms with E-state index in [-0.39, 0.29) is 19.1 Å². The first-order valence-electron chi connectivity index (χ1n) is 6.38. The molecule has 106 valence electrons. The lowest BCUT2D eigenvalue weighted by molar-refractivity contribution is -0.123. The number of benzene rings is 1. The van der Waals surface area contributed by atoms with Crippen molar-refractivity contribution in [2.24, 2.45) is 0 Å². The fraction of sp³-hybridized carbons (Fsp3) is 0.500. The topological polar surface area (TPSA) is 67.8 Å². The Morgan fingerprint density at radius 1 is 1.42 bits per heavy atom. The molecule has 0 aliphatic carbocycles. The van der Waals surface area contributed by atoms with Crippen LogP contribution in [0.5, 0.6) is 11.5 Å². The molecule has 5 heteroatoms. The molecular weight excluding hydrogens is 246 g/mol. The number of carbonyl (C=O) groups excluding carboxylic acids is 1. The molecule has 0 heterocycles. The van der Waals surface area contributed by atoms with Crippen LogP contribution in [0.25, 0.3) is 0 Å². The van der Waals surface area contributed by atoms with E-state index in [0.717, 1.165) is 12.8 Å².